The average molecular weight is 289 g/mol. The summed E-state index contributed by atoms with van der Waals surface area (Å²) < 4.78 is 6.60. The molecule has 21 heavy (non-hydrogen) atoms. The second kappa shape index (κ2) is 7.39. The molecule has 2 aromatic rings. The summed E-state index contributed by atoms with van der Waals surface area (Å²) in [6, 6.07) is 7.36. The van der Waals surface area contributed by atoms with Gasteiger partial charge in [0, 0.05) is 26.9 Å². The Bertz CT molecular complexity index is 582. The van der Waals surface area contributed by atoms with Gasteiger partial charge in [0.1, 0.15) is 5.69 Å². The van der Waals surface area contributed by atoms with Gasteiger partial charge in [0.05, 0.1) is 24.5 Å². The predicted octanol–water partition coefficient (Wildman–Crippen LogP) is 0.928. The van der Waals surface area contributed by atoms with E-state index >= 15 is 0 Å². The van der Waals surface area contributed by atoms with Crippen LogP contribution in [0.15, 0.2) is 30.5 Å². The topological polar surface area (TPSA) is 81.1 Å². The fourth-order valence-electron chi connectivity index (χ4n) is 1.81. The number of carbonyl (C=O) groups excluding carboxylic acids is 1. The largest absolute Gasteiger partial charge is 0.383 e. The quantitative estimate of drug-likeness (QED) is 0.775. The van der Waals surface area contributed by atoms with Gasteiger partial charge in [0.2, 0.25) is 0 Å². The molecule has 0 spiro atoms. The highest BCUT2D eigenvalue weighted by molar-refractivity contribution is 5.73. The molecule has 2 rings (SSSR count). The van der Waals surface area contributed by atoms with Crippen LogP contribution in [0.25, 0.3) is 11.4 Å². The minimum atomic E-state index is -0.229. The summed E-state index contributed by atoms with van der Waals surface area (Å²) in [5.41, 5.74) is 2.50. The van der Waals surface area contributed by atoms with E-state index in [-0.39, 0.29) is 6.03 Å². The molecule has 0 aliphatic carbocycles. The van der Waals surface area contributed by atoms with Crippen molar-refractivity contribution in [2.75, 3.05) is 20.3 Å². The molecule has 7 heteroatoms. The molecule has 7 nitrogen and oxygen atoms in total. The van der Waals surface area contributed by atoms with Crippen molar-refractivity contribution in [3.8, 4) is 11.4 Å². The lowest BCUT2D eigenvalue weighted by molar-refractivity contribution is 0.195. The molecule has 0 saturated heterocycles. The maximum atomic E-state index is 11.6. The number of nitrogens with one attached hydrogen (secondary N) is 2. The van der Waals surface area contributed by atoms with Gasteiger partial charge in [-0.1, -0.05) is 6.07 Å². The van der Waals surface area contributed by atoms with E-state index in [2.05, 4.69) is 20.7 Å². The highest BCUT2D eigenvalue weighted by atomic mass is 16.5. The zero-order chi connectivity index (χ0) is 15.1. The Labute approximate surface area is 123 Å². The monoisotopic (exact) mass is 289 g/mol. The number of carbonyl (C=O) groups is 1. The van der Waals surface area contributed by atoms with Crippen LogP contribution in [0.1, 0.15) is 5.69 Å². The third kappa shape index (κ3) is 4.28. The van der Waals surface area contributed by atoms with Gasteiger partial charge in [0.25, 0.3) is 0 Å². The Morgan fingerprint density at radius 3 is 2.90 bits per heavy atom. The van der Waals surface area contributed by atoms with Crippen LogP contribution in [0.5, 0.6) is 0 Å². The maximum Gasteiger partial charge on any atom is 0.315 e. The van der Waals surface area contributed by atoms with Crippen LogP contribution >= 0.6 is 0 Å². The van der Waals surface area contributed by atoms with Gasteiger partial charge < -0.3 is 15.4 Å². The molecule has 0 fully saturated rings. The first-order valence-electron chi connectivity index (χ1n) is 6.65. The molecule has 2 N–H and O–H groups in total. The molecule has 0 saturated carbocycles. The van der Waals surface area contributed by atoms with Crippen molar-refractivity contribution in [2.24, 2.45) is 7.05 Å². The van der Waals surface area contributed by atoms with E-state index < -0.39 is 0 Å². The van der Waals surface area contributed by atoms with Crippen molar-refractivity contribution < 1.29 is 9.53 Å². The summed E-state index contributed by atoms with van der Waals surface area (Å²) in [7, 11) is 3.43. The van der Waals surface area contributed by atoms with Crippen molar-refractivity contribution in [2.45, 2.75) is 6.54 Å². The summed E-state index contributed by atoms with van der Waals surface area (Å²) in [6.07, 6.45) is 1.73. The van der Waals surface area contributed by atoms with Crippen molar-refractivity contribution in [3.63, 3.8) is 0 Å². The summed E-state index contributed by atoms with van der Waals surface area (Å²) in [5.74, 6) is 0. The lowest BCUT2D eigenvalue weighted by atomic mass is 10.2. The van der Waals surface area contributed by atoms with Crippen LogP contribution < -0.4 is 10.6 Å². The first kappa shape index (κ1) is 15.0. The minimum absolute atomic E-state index is 0.229. The zero-order valence-corrected chi connectivity index (χ0v) is 12.2. The van der Waals surface area contributed by atoms with Crippen LogP contribution in [0.4, 0.5) is 4.79 Å². The molecule has 0 unspecified atom stereocenters. The summed E-state index contributed by atoms with van der Waals surface area (Å²) in [4.78, 5) is 15.8. The molecule has 0 atom stereocenters. The van der Waals surface area contributed by atoms with Crippen LogP contribution in [-0.4, -0.2) is 41.1 Å². The molecule has 0 aliphatic rings. The van der Waals surface area contributed by atoms with Gasteiger partial charge in [0.15, 0.2) is 0 Å². The van der Waals surface area contributed by atoms with Crippen molar-refractivity contribution in [1.82, 2.24) is 25.4 Å². The number of pyridine rings is 1. The van der Waals surface area contributed by atoms with E-state index in [1.807, 2.05) is 31.3 Å². The van der Waals surface area contributed by atoms with E-state index in [1.54, 1.807) is 18.0 Å². The molecule has 0 bridgehead atoms. The lowest BCUT2D eigenvalue weighted by Gasteiger charge is -2.06. The first-order valence-corrected chi connectivity index (χ1v) is 6.65. The van der Waals surface area contributed by atoms with Gasteiger partial charge >= 0.3 is 6.03 Å². The summed E-state index contributed by atoms with van der Waals surface area (Å²) in [6.45, 7) is 1.37. The molecule has 0 radical (unpaired) electrons. The highest BCUT2D eigenvalue weighted by Gasteiger charge is 2.09. The summed E-state index contributed by atoms with van der Waals surface area (Å²) >= 11 is 0. The number of nitrogens with zero attached hydrogens (tertiary/aromatic N) is 3. The molecular formula is C14H19N5O2. The van der Waals surface area contributed by atoms with Gasteiger partial charge in [-0.3, -0.25) is 9.67 Å². The Morgan fingerprint density at radius 1 is 1.33 bits per heavy atom. The number of aromatic nitrogens is 3. The normalized spacial score (nSPS) is 10.4. The molecular weight excluding hydrogens is 270 g/mol. The Balaban J connectivity index is 1.93. The van der Waals surface area contributed by atoms with Gasteiger partial charge in [-0.15, -0.1) is 0 Å². The number of methoxy groups -OCH3 is 1. The van der Waals surface area contributed by atoms with Crippen molar-refractivity contribution in [1.29, 1.82) is 0 Å². The van der Waals surface area contributed by atoms with Gasteiger partial charge in [-0.25, -0.2) is 4.79 Å². The molecule has 112 valence electrons. The number of rotatable bonds is 6. The Morgan fingerprint density at radius 2 is 2.19 bits per heavy atom. The van der Waals surface area contributed by atoms with Crippen LogP contribution in [-0.2, 0) is 18.3 Å². The van der Waals surface area contributed by atoms with Crippen LogP contribution in [0, 0.1) is 0 Å². The second-order valence-electron chi connectivity index (χ2n) is 4.46. The minimum Gasteiger partial charge on any atom is -0.383 e. The zero-order valence-electron chi connectivity index (χ0n) is 12.2. The number of hydrogen-bond acceptors (Lipinski definition) is 4. The molecule has 2 heterocycles. The SMILES string of the molecule is COCCNC(=O)NCc1cc(-c2ccccn2)nn1C. The van der Waals surface area contributed by atoms with Crippen LogP contribution in [0.2, 0.25) is 0 Å². The number of urea groups is 1. The Kier molecular flexibility index (Phi) is 5.28. The van der Waals surface area contributed by atoms with E-state index in [9.17, 15) is 4.79 Å². The van der Waals surface area contributed by atoms with Gasteiger partial charge in [-0.2, -0.15) is 5.10 Å². The standard InChI is InChI=1S/C14H19N5O2/c1-19-11(10-17-14(20)16-7-8-21-2)9-13(18-19)12-5-3-4-6-15-12/h3-6,9H,7-8,10H2,1-2H3,(H2,16,17,20). The highest BCUT2D eigenvalue weighted by Crippen LogP contribution is 2.15. The number of hydrogen-bond donors (Lipinski definition) is 2. The maximum absolute atomic E-state index is 11.6. The molecule has 2 aromatic heterocycles. The molecule has 2 amide bonds. The average Bonchev–Trinajstić information content (AvgIpc) is 2.87. The van der Waals surface area contributed by atoms with E-state index in [1.165, 1.54) is 0 Å². The van der Waals surface area contributed by atoms with Crippen molar-refractivity contribution in [3.05, 3.63) is 36.2 Å². The second-order valence-corrected chi connectivity index (χ2v) is 4.46. The third-order valence-electron chi connectivity index (χ3n) is 2.93. The van der Waals surface area contributed by atoms with E-state index in [4.69, 9.17) is 4.74 Å². The number of ether oxygens (including phenoxy) is 1. The van der Waals surface area contributed by atoms with Crippen LogP contribution in [0.3, 0.4) is 0 Å². The van der Waals surface area contributed by atoms with Crippen molar-refractivity contribution >= 4 is 6.03 Å². The predicted molar refractivity (Wildman–Crippen MR) is 78.6 cm³/mol. The smallest absolute Gasteiger partial charge is 0.315 e. The third-order valence-corrected chi connectivity index (χ3v) is 2.93. The fraction of sp³-hybridized carbons (Fsp3) is 0.357. The van der Waals surface area contributed by atoms with E-state index in [0.29, 0.717) is 19.7 Å². The number of amides is 2. The lowest BCUT2D eigenvalue weighted by Crippen LogP contribution is -2.37. The van der Waals surface area contributed by atoms with E-state index in [0.717, 1.165) is 17.1 Å². The molecule has 0 aromatic carbocycles. The first-order chi connectivity index (χ1) is 10.2. The van der Waals surface area contributed by atoms with Gasteiger partial charge in [-0.05, 0) is 18.2 Å². The summed E-state index contributed by atoms with van der Waals surface area (Å²) in [5, 5.41) is 9.87. The Hall–Kier alpha value is -2.41. The molecule has 0 aliphatic heterocycles. The number of aryl methyl sites for hydroxylation is 1. The fourth-order valence-corrected chi connectivity index (χ4v) is 1.81.